The van der Waals surface area contributed by atoms with Crippen molar-refractivity contribution >= 4 is 6.21 Å². The highest BCUT2D eigenvalue weighted by Crippen LogP contribution is 1.74. The highest BCUT2D eigenvalue weighted by Gasteiger charge is 1.86. The minimum absolute atomic E-state index is 0.927. The lowest BCUT2D eigenvalue weighted by atomic mass is 10.5. The molecule has 0 aromatic carbocycles. The third kappa shape index (κ3) is 0.792. The van der Waals surface area contributed by atoms with Gasteiger partial charge in [-0.1, -0.05) is 0 Å². The SMILES string of the molecule is [CH]1C=NCCN1. The number of rotatable bonds is 0. The molecular weight excluding hydrogens is 76.1 g/mol. The molecule has 0 saturated carbocycles. The quantitative estimate of drug-likeness (QED) is 0.431. The van der Waals surface area contributed by atoms with Crippen LogP contribution in [-0.4, -0.2) is 19.3 Å². The smallest absolute Gasteiger partial charge is 0.0628 e. The number of hydrogen-bond donors (Lipinski definition) is 1. The minimum Gasteiger partial charge on any atom is -0.306 e. The minimum atomic E-state index is 0.927. The first kappa shape index (κ1) is 3.81. The summed E-state index contributed by atoms with van der Waals surface area (Å²) in [6, 6.07) is 0. The highest BCUT2D eigenvalue weighted by atomic mass is 14.9. The Bertz CT molecular complexity index is 50.6. The summed E-state index contributed by atoms with van der Waals surface area (Å²) in [6.07, 6.45) is 1.78. The fourth-order valence-corrected chi connectivity index (χ4v) is 0.392. The molecule has 0 aromatic rings. The van der Waals surface area contributed by atoms with Gasteiger partial charge >= 0.3 is 0 Å². The Morgan fingerprint density at radius 2 is 2.67 bits per heavy atom. The van der Waals surface area contributed by atoms with Gasteiger partial charge in [-0.25, -0.2) is 0 Å². The van der Waals surface area contributed by atoms with Crippen molar-refractivity contribution in [3.05, 3.63) is 6.54 Å². The van der Waals surface area contributed by atoms with Crippen LogP contribution >= 0.6 is 0 Å². The Morgan fingerprint density at radius 1 is 1.67 bits per heavy atom. The van der Waals surface area contributed by atoms with Crippen LogP contribution in [0.3, 0.4) is 0 Å². The first-order chi connectivity index (χ1) is 3.00. The molecule has 2 heteroatoms. The Kier molecular flexibility index (Phi) is 1.22. The van der Waals surface area contributed by atoms with Crippen molar-refractivity contribution in [3.8, 4) is 0 Å². The van der Waals surface area contributed by atoms with E-state index >= 15 is 0 Å². The van der Waals surface area contributed by atoms with E-state index < -0.39 is 0 Å². The van der Waals surface area contributed by atoms with Gasteiger partial charge in [0, 0.05) is 12.8 Å². The predicted octanol–water partition coefficient (Wildman–Crippen LogP) is -0.178. The van der Waals surface area contributed by atoms with E-state index in [0.717, 1.165) is 13.1 Å². The van der Waals surface area contributed by atoms with E-state index in [1.165, 1.54) is 0 Å². The molecule has 1 aliphatic rings. The molecule has 0 saturated heterocycles. The Balaban J connectivity index is 2.26. The van der Waals surface area contributed by atoms with Gasteiger partial charge in [0.1, 0.15) is 0 Å². The van der Waals surface area contributed by atoms with Gasteiger partial charge in [0.05, 0.1) is 13.1 Å². The first-order valence-corrected chi connectivity index (χ1v) is 2.05. The predicted molar refractivity (Wildman–Crippen MR) is 25.7 cm³/mol. The lowest BCUT2D eigenvalue weighted by Gasteiger charge is -2.00. The third-order valence-corrected chi connectivity index (χ3v) is 0.683. The molecule has 0 aliphatic carbocycles. The fraction of sp³-hybridized carbons (Fsp3) is 0.500. The van der Waals surface area contributed by atoms with Crippen molar-refractivity contribution in [3.63, 3.8) is 0 Å². The second-order valence-corrected chi connectivity index (χ2v) is 1.18. The molecule has 0 fully saturated rings. The van der Waals surface area contributed by atoms with Crippen LogP contribution in [0.15, 0.2) is 4.99 Å². The number of nitrogens with zero attached hydrogens (tertiary/aromatic N) is 1. The van der Waals surface area contributed by atoms with Gasteiger partial charge in [0.25, 0.3) is 0 Å². The number of hydrogen-bond acceptors (Lipinski definition) is 2. The molecule has 33 valence electrons. The van der Waals surface area contributed by atoms with E-state index in [1.807, 2.05) is 6.54 Å². The molecule has 1 aliphatic heterocycles. The van der Waals surface area contributed by atoms with Gasteiger partial charge in [-0.3, -0.25) is 4.99 Å². The zero-order chi connectivity index (χ0) is 4.24. The molecule has 0 unspecified atom stereocenters. The van der Waals surface area contributed by atoms with Crippen LogP contribution in [0.5, 0.6) is 0 Å². The Hall–Kier alpha value is -0.370. The van der Waals surface area contributed by atoms with Crippen molar-refractivity contribution in [2.75, 3.05) is 13.1 Å². The van der Waals surface area contributed by atoms with Crippen LogP contribution in [0.4, 0.5) is 0 Å². The molecule has 0 atom stereocenters. The molecule has 6 heavy (non-hydrogen) atoms. The lowest BCUT2D eigenvalue weighted by molar-refractivity contribution is 0.799. The monoisotopic (exact) mass is 83.1 g/mol. The summed E-state index contributed by atoms with van der Waals surface area (Å²) in [4.78, 5) is 3.93. The summed E-state index contributed by atoms with van der Waals surface area (Å²) >= 11 is 0. The van der Waals surface area contributed by atoms with Crippen LogP contribution in [0.2, 0.25) is 0 Å². The van der Waals surface area contributed by atoms with E-state index in [0.29, 0.717) is 0 Å². The summed E-state index contributed by atoms with van der Waals surface area (Å²) in [5, 5.41) is 3.01. The zero-order valence-corrected chi connectivity index (χ0v) is 3.52. The van der Waals surface area contributed by atoms with Crippen LogP contribution in [0.1, 0.15) is 0 Å². The largest absolute Gasteiger partial charge is 0.306 e. The summed E-state index contributed by atoms with van der Waals surface area (Å²) in [6.45, 7) is 3.77. The second-order valence-electron chi connectivity index (χ2n) is 1.18. The molecule has 0 amide bonds. The highest BCUT2D eigenvalue weighted by molar-refractivity contribution is 5.67. The molecule has 2 nitrogen and oxygen atoms in total. The van der Waals surface area contributed by atoms with Crippen LogP contribution in [-0.2, 0) is 0 Å². The third-order valence-electron chi connectivity index (χ3n) is 0.683. The van der Waals surface area contributed by atoms with Gasteiger partial charge in [0.15, 0.2) is 0 Å². The average Bonchev–Trinajstić information content (AvgIpc) is 1.72. The maximum Gasteiger partial charge on any atom is 0.0628 e. The molecule has 1 heterocycles. The molecule has 1 radical (unpaired) electrons. The van der Waals surface area contributed by atoms with E-state index in [-0.39, 0.29) is 0 Å². The standard InChI is InChI=1S/C4H7N2/c1-2-6-4-3-5-1/h1-2,5H,3-4H2. The van der Waals surface area contributed by atoms with Gasteiger partial charge in [0.2, 0.25) is 0 Å². The van der Waals surface area contributed by atoms with E-state index in [1.54, 1.807) is 6.21 Å². The average molecular weight is 83.1 g/mol. The van der Waals surface area contributed by atoms with Crippen molar-refractivity contribution < 1.29 is 0 Å². The molecular formula is C4H7N2. The normalized spacial score (nSPS) is 21.3. The molecule has 0 bridgehead atoms. The summed E-state index contributed by atoms with van der Waals surface area (Å²) < 4.78 is 0. The Morgan fingerprint density at radius 3 is 2.83 bits per heavy atom. The van der Waals surface area contributed by atoms with Gasteiger partial charge < -0.3 is 5.32 Å². The van der Waals surface area contributed by atoms with Crippen molar-refractivity contribution in [1.82, 2.24) is 5.32 Å². The summed E-state index contributed by atoms with van der Waals surface area (Å²) in [5.74, 6) is 0. The second kappa shape index (κ2) is 1.92. The maximum atomic E-state index is 3.93. The van der Waals surface area contributed by atoms with Gasteiger partial charge in [-0.2, -0.15) is 0 Å². The fourth-order valence-electron chi connectivity index (χ4n) is 0.392. The van der Waals surface area contributed by atoms with Crippen molar-refractivity contribution in [2.45, 2.75) is 0 Å². The maximum absolute atomic E-state index is 3.93. The van der Waals surface area contributed by atoms with Crippen molar-refractivity contribution in [2.24, 2.45) is 4.99 Å². The number of aliphatic imine (C=N–C) groups is 1. The molecule has 1 N–H and O–H groups in total. The number of nitrogens with one attached hydrogen (secondary N) is 1. The van der Waals surface area contributed by atoms with Crippen molar-refractivity contribution in [1.29, 1.82) is 0 Å². The van der Waals surface area contributed by atoms with Crippen LogP contribution < -0.4 is 5.32 Å². The van der Waals surface area contributed by atoms with E-state index in [2.05, 4.69) is 10.3 Å². The van der Waals surface area contributed by atoms with Gasteiger partial charge in [-0.15, -0.1) is 0 Å². The lowest BCUT2D eigenvalue weighted by Crippen LogP contribution is -2.19. The molecule has 0 spiro atoms. The van der Waals surface area contributed by atoms with E-state index in [4.69, 9.17) is 0 Å². The van der Waals surface area contributed by atoms with Crippen LogP contribution in [0, 0.1) is 6.54 Å². The molecule has 1 rings (SSSR count). The zero-order valence-electron chi connectivity index (χ0n) is 3.52. The topological polar surface area (TPSA) is 24.4 Å². The molecule has 0 aromatic heterocycles. The van der Waals surface area contributed by atoms with Crippen LogP contribution in [0.25, 0.3) is 0 Å². The van der Waals surface area contributed by atoms with Gasteiger partial charge in [-0.05, 0) is 0 Å². The first-order valence-electron chi connectivity index (χ1n) is 2.05. The summed E-state index contributed by atoms with van der Waals surface area (Å²) in [7, 11) is 0. The van der Waals surface area contributed by atoms with E-state index in [9.17, 15) is 0 Å². The Labute approximate surface area is 37.3 Å². The summed E-state index contributed by atoms with van der Waals surface area (Å²) in [5.41, 5.74) is 0.